The topological polar surface area (TPSA) is 54.4 Å². The van der Waals surface area contributed by atoms with Crippen LogP contribution in [0.2, 0.25) is 0 Å². The van der Waals surface area contributed by atoms with Gasteiger partial charge in [0.05, 0.1) is 16.8 Å². The van der Waals surface area contributed by atoms with Gasteiger partial charge in [-0.1, -0.05) is 37.0 Å². The third-order valence-electron chi connectivity index (χ3n) is 3.96. The van der Waals surface area contributed by atoms with Crippen LogP contribution in [-0.2, 0) is 9.84 Å². The highest BCUT2D eigenvalue weighted by Gasteiger charge is 2.27. The quantitative estimate of drug-likeness (QED) is 0.924. The Hall–Kier alpha value is -0.870. The van der Waals surface area contributed by atoms with Crippen LogP contribution in [0, 0.1) is 12.8 Å². The summed E-state index contributed by atoms with van der Waals surface area (Å²) in [6.07, 6.45) is 4.58. The second-order valence-corrected chi connectivity index (χ2v) is 7.59. The molecule has 1 aromatic carbocycles. The fourth-order valence-electron chi connectivity index (χ4n) is 2.72. The first-order valence-corrected chi connectivity index (χ1v) is 8.62. The maximum Gasteiger partial charge on any atom is 0.180 e. The number of sulfone groups is 1. The standard InChI is InChI=1S/C15H22O3S/c1-12-7-9-14(10-8-12)19(17,18)11-15(16)13-5-3-2-4-6-13/h7-10,13,15-16H,2-6,11H2,1H3. The molecule has 1 unspecified atom stereocenters. The second kappa shape index (κ2) is 6.06. The van der Waals surface area contributed by atoms with Gasteiger partial charge >= 0.3 is 0 Å². The lowest BCUT2D eigenvalue weighted by Gasteiger charge is -2.26. The molecule has 0 radical (unpaired) electrons. The van der Waals surface area contributed by atoms with E-state index in [-0.39, 0.29) is 11.7 Å². The van der Waals surface area contributed by atoms with Crippen molar-refractivity contribution in [2.24, 2.45) is 5.92 Å². The minimum atomic E-state index is -3.38. The Morgan fingerprint density at radius 3 is 2.32 bits per heavy atom. The Kier molecular flexibility index (Phi) is 4.63. The lowest BCUT2D eigenvalue weighted by molar-refractivity contribution is 0.103. The van der Waals surface area contributed by atoms with E-state index in [0.717, 1.165) is 31.2 Å². The number of aliphatic hydroxyl groups excluding tert-OH is 1. The van der Waals surface area contributed by atoms with Crippen LogP contribution in [-0.4, -0.2) is 25.4 Å². The van der Waals surface area contributed by atoms with E-state index in [0.29, 0.717) is 4.90 Å². The first-order valence-electron chi connectivity index (χ1n) is 6.96. The predicted octanol–water partition coefficient (Wildman–Crippen LogP) is 2.71. The van der Waals surface area contributed by atoms with Gasteiger partial charge in [0.25, 0.3) is 0 Å². The third-order valence-corrected chi connectivity index (χ3v) is 5.74. The Morgan fingerprint density at radius 2 is 1.74 bits per heavy atom. The molecule has 1 atom stereocenters. The predicted molar refractivity (Wildman–Crippen MR) is 75.8 cm³/mol. The maximum atomic E-state index is 12.2. The van der Waals surface area contributed by atoms with E-state index in [1.54, 1.807) is 24.3 Å². The summed E-state index contributed by atoms with van der Waals surface area (Å²) in [4.78, 5) is 0.313. The fraction of sp³-hybridized carbons (Fsp3) is 0.600. The van der Waals surface area contributed by atoms with E-state index in [1.165, 1.54) is 6.42 Å². The zero-order valence-electron chi connectivity index (χ0n) is 11.4. The van der Waals surface area contributed by atoms with Crippen molar-refractivity contribution < 1.29 is 13.5 Å². The summed E-state index contributed by atoms with van der Waals surface area (Å²) in [5.41, 5.74) is 1.03. The van der Waals surface area contributed by atoms with E-state index in [9.17, 15) is 13.5 Å². The molecular formula is C15H22O3S. The first kappa shape index (κ1) is 14.5. The second-order valence-electron chi connectivity index (χ2n) is 5.56. The average Bonchev–Trinajstić information content (AvgIpc) is 2.40. The Morgan fingerprint density at radius 1 is 1.16 bits per heavy atom. The molecule has 1 aromatic rings. The highest BCUT2D eigenvalue weighted by Crippen LogP contribution is 2.28. The lowest BCUT2D eigenvalue weighted by atomic mass is 9.86. The van der Waals surface area contributed by atoms with Crippen LogP contribution in [0.5, 0.6) is 0 Å². The SMILES string of the molecule is Cc1ccc(S(=O)(=O)CC(O)C2CCCCC2)cc1. The summed E-state index contributed by atoms with van der Waals surface area (Å²) < 4.78 is 24.5. The summed E-state index contributed by atoms with van der Waals surface area (Å²) in [6.45, 7) is 1.92. The number of aliphatic hydroxyl groups is 1. The monoisotopic (exact) mass is 282 g/mol. The average molecular weight is 282 g/mol. The molecular weight excluding hydrogens is 260 g/mol. The van der Waals surface area contributed by atoms with Crippen molar-refractivity contribution in [2.75, 3.05) is 5.75 Å². The Balaban J connectivity index is 2.05. The maximum absolute atomic E-state index is 12.2. The van der Waals surface area contributed by atoms with Gasteiger partial charge in [-0.3, -0.25) is 0 Å². The summed E-state index contributed by atoms with van der Waals surface area (Å²) in [7, 11) is -3.38. The van der Waals surface area contributed by atoms with Crippen molar-refractivity contribution in [3.8, 4) is 0 Å². The molecule has 0 bridgehead atoms. The molecule has 106 valence electrons. The first-order chi connectivity index (χ1) is 8.99. The largest absolute Gasteiger partial charge is 0.392 e. The molecule has 1 aliphatic rings. The van der Waals surface area contributed by atoms with Gasteiger partial charge in [-0.2, -0.15) is 0 Å². The van der Waals surface area contributed by atoms with Crippen LogP contribution < -0.4 is 0 Å². The third kappa shape index (κ3) is 3.80. The van der Waals surface area contributed by atoms with Gasteiger partial charge in [-0.15, -0.1) is 0 Å². The van der Waals surface area contributed by atoms with E-state index < -0.39 is 15.9 Å². The van der Waals surface area contributed by atoms with Gasteiger partial charge in [-0.25, -0.2) is 8.42 Å². The molecule has 19 heavy (non-hydrogen) atoms. The zero-order chi connectivity index (χ0) is 13.9. The summed E-state index contributed by atoms with van der Waals surface area (Å²) in [5, 5.41) is 10.1. The van der Waals surface area contributed by atoms with Gasteiger partial charge in [0.2, 0.25) is 0 Å². The van der Waals surface area contributed by atoms with Crippen LogP contribution in [0.4, 0.5) is 0 Å². The van der Waals surface area contributed by atoms with Crippen LogP contribution in [0.15, 0.2) is 29.2 Å². The van der Waals surface area contributed by atoms with E-state index in [2.05, 4.69) is 0 Å². The van der Waals surface area contributed by atoms with Gasteiger partial charge in [0, 0.05) is 0 Å². The highest BCUT2D eigenvalue weighted by molar-refractivity contribution is 7.91. The van der Waals surface area contributed by atoms with E-state index >= 15 is 0 Å². The van der Waals surface area contributed by atoms with Gasteiger partial charge in [0.15, 0.2) is 9.84 Å². The Labute approximate surface area is 115 Å². The summed E-state index contributed by atoms with van der Waals surface area (Å²) in [5.74, 6) is -0.00486. The normalized spacial score (nSPS) is 19.3. The van der Waals surface area contributed by atoms with Crippen molar-refractivity contribution >= 4 is 9.84 Å². The zero-order valence-corrected chi connectivity index (χ0v) is 12.2. The van der Waals surface area contributed by atoms with Crippen molar-refractivity contribution in [1.82, 2.24) is 0 Å². The van der Waals surface area contributed by atoms with Crippen molar-refractivity contribution in [1.29, 1.82) is 0 Å². The van der Waals surface area contributed by atoms with Crippen molar-refractivity contribution in [3.63, 3.8) is 0 Å². The van der Waals surface area contributed by atoms with E-state index in [4.69, 9.17) is 0 Å². The molecule has 1 N–H and O–H groups in total. The van der Waals surface area contributed by atoms with Crippen LogP contribution >= 0.6 is 0 Å². The molecule has 0 saturated heterocycles. The summed E-state index contributed by atoms with van der Waals surface area (Å²) >= 11 is 0. The molecule has 2 rings (SSSR count). The smallest absolute Gasteiger partial charge is 0.180 e. The number of hydrogen-bond acceptors (Lipinski definition) is 3. The number of rotatable bonds is 4. The molecule has 1 aliphatic carbocycles. The van der Waals surface area contributed by atoms with Crippen LogP contribution in [0.3, 0.4) is 0 Å². The molecule has 0 aliphatic heterocycles. The molecule has 1 saturated carbocycles. The fourth-order valence-corrected chi connectivity index (χ4v) is 4.19. The van der Waals surface area contributed by atoms with Gasteiger partial charge in [0.1, 0.15) is 0 Å². The number of aryl methyl sites for hydroxylation is 1. The lowest BCUT2D eigenvalue weighted by Crippen LogP contribution is -2.30. The molecule has 0 amide bonds. The number of benzene rings is 1. The molecule has 0 heterocycles. The van der Waals surface area contributed by atoms with E-state index in [1.807, 2.05) is 6.92 Å². The van der Waals surface area contributed by atoms with Gasteiger partial charge < -0.3 is 5.11 Å². The minimum Gasteiger partial charge on any atom is -0.392 e. The Bertz CT molecular complexity index is 499. The molecule has 0 spiro atoms. The van der Waals surface area contributed by atoms with Crippen molar-refractivity contribution in [2.45, 2.75) is 50.0 Å². The molecule has 4 heteroatoms. The van der Waals surface area contributed by atoms with Crippen LogP contribution in [0.1, 0.15) is 37.7 Å². The number of hydrogen-bond donors (Lipinski definition) is 1. The molecule has 1 fully saturated rings. The summed E-state index contributed by atoms with van der Waals surface area (Å²) in [6, 6.07) is 6.83. The van der Waals surface area contributed by atoms with Gasteiger partial charge in [-0.05, 0) is 37.8 Å². The minimum absolute atomic E-state index is 0.147. The molecule has 0 aromatic heterocycles. The molecule has 3 nitrogen and oxygen atoms in total. The highest BCUT2D eigenvalue weighted by atomic mass is 32.2. The van der Waals surface area contributed by atoms with Crippen LogP contribution in [0.25, 0.3) is 0 Å². The van der Waals surface area contributed by atoms with Crippen molar-refractivity contribution in [3.05, 3.63) is 29.8 Å².